The van der Waals surface area contributed by atoms with Gasteiger partial charge in [0.05, 0.1) is 17.7 Å². The smallest absolute Gasteiger partial charge is 0.471 e. The molecule has 0 aliphatic rings. The summed E-state index contributed by atoms with van der Waals surface area (Å²) in [7, 11) is -1.58. The van der Waals surface area contributed by atoms with Crippen LogP contribution in [0.25, 0.3) is 5.69 Å². The van der Waals surface area contributed by atoms with E-state index in [1.807, 2.05) is 13.1 Å². The van der Waals surface area contributed by atoms with Gasteiger partial charge in [-0.3, -0.25) is 0 Å². The summed E-state index contributed by atoms with van der Waals surface area (Å²) in [5, 5.41) is 17.7. The van der Waals surface area contributed by atoms with E-state index in [0.717, 1.165) is 5.69 Å². The number of nitrogens with zero attached hydrogens (tertiary/aromatic N) is 2. The van der Waals surface area contributed by atoms with Crippen LogP contribution in [-0.4, -0.2) is 26.7 Å². The number of aryl methyl sites for hydroxylation is 1. The van der Waals surface area contributed by atoms with E-state index in [-0.39, 0.29) is 5.66 Å². The molecule has 0 aliphatic carbocycles. The Kier molecular flexibility index (Phi) is 2.15. The average Bonchev–Trinajstić information content (AvgIpc) is 2.70. The molecule has 0 aliphatic heterocycles. The number of hydrogen-bond acceptors (Lipinski definition) is 4. The Bertz CT molecular complexity index is 435. The minimum Gasteiger partial charge on any atom is -0.471 e. The first kappa shape index (κ1) is 9.05. The minimum absolute atomic E-state index is 0.117. The molecule has 2 aromatic rings. The van der Waals surface area contributed by atoms with Gasteiger partial charge in [0.25, 0.3) is 0 Å². The standard InChI is InChI=1S/C8H9BN2O3/c1-6-3-11(5-10-6)7-2-8(9(12)13)14-4-7/h2-5,12-13H,1H3. The fourth-order valence-electron chi connectivity index (χ4n) is 1.18. The number of aromatic nitrogens is 2. The lowest BCUT2D eigenvalue weighted by atomic mass is 9.88. The van der Waals surface area contributed by atoms with Crippen molar-refractivity contribution < 1.29 is 14.5 Å². The van der Waals surface area contributed by atoms with Crippen molar-refractivity contribution in [3.63, 3.8) is 0 Å². The molecular formula is C8H9BN2O3. The van der Waals surface area contributed by atoms with Crippen molar-refractivity contribution in [1.29, 1.82) is 0 Å². The van der Waals surface area contributed by atoms with E-state index < -0.39 is 7.12 Å². The van der Waals surface area contributed by atoms with Gasteiger partial charge in [0.1, 0.15) is 11.9 Å². The molecule has 2 heterocycles. The lowest BCUT2D eigenvalue weighted by Gasteiger charge is -1.92. The highest BCUT2D eigenvalue weighted by atomic mass is 16.4. The molecule has 0 amide bonds. The van der Waals surface area contributed by atoms with Gasteiger partial charge in [-0.05, 0) is 6.92 Å². The molecule has 0 aromatic carbocycles. The molecule has 2 rings (SSSR count). The van der Waals surface area contributed by atoms with Crippen LogP contribution < -0.4 is 5.66 Å². The largest absolute Gasteiger partial charge is 0.526 e. The quantitative estimate of drug-likeness (QED) is 0.626. The fourth-order valence-corrected chi connectivity index (χ4v) is 1.18. The summed E-state index contributed by atoms with van der Waals surface area (Å²) in [6.45, 7) is 1.87. The van der Waals surface area contributed by atoms with E-state index in [9.17, 15) is 0 Å². The van der Waals surface area contributed by atoms with Crippen molar-refractivity contribution >= 4 is 12.8 Å². The van der Waals surface area contributed by atoms with E-state index in [1.54, 1.807) is 17.0 Å². The number of rotatable bonds is 2. The van der Waals surface area contributed by atoms with Crippen LogP contribution in [0.1, 0.15) is 5.69 Å². The van der Waals surface area contributed by atoms with Crippen LogP contribution in [0.4, 0.5) is 0 Å². The fraction of sp³-hybridized carbons (Fsp3) is 0.125. The summed E-state index contributed by atoms with van der Waals surface area (Å²) < 4.78 is 6.68. The van der Waals surface area contributed by atoms with Crippen LogP contribution in [0.5, 0.6) is 0 Å². The summed E-state index contributed by atoms with van der Waals surface area (Å²) in [5.41, 5.74) is 1.72. The van der Waals surface area contributed by atoms with Crippen LogP contribution in [0.15, 0.2) is 29.3 Å². The zero-order valence-electron chi connectivity index (χ0n) is 7.58. The van der Waals surface area contributed by atoms with Gasteiger partial charge in [-0.2, -0.15) is 0 Å². The molecular weight excluding hydrogens is 183 g/mol. The summed E-state index contributed by atoms with van der Waals surface area (Å²) in [6.07, 6.45) is 4.89. The van der Waals surface area contributed by atoms with Gasteiger partial charge in [-0.25, -0.2) is 4.98 Å². The van der Waals surface area contributed by atoms with Crippen molar-refractivity contribution in [1.82, 2.24) is 9.55 Å². The monoisotopic (exact) mass is 192 g/mol. The van der Waals surface area contributed by atoms with Gasteiger partial charge in [0, 0.05) is 12.3 Å². The van der Waals surface area contributed by atoms with Crippen molar-refractivity contribution in [2.24, 2.45) is 0 Å². The van der Waals surface area contributed by atoms with E-state index in [1.165, 1.54) is 6.26 Å². The Hall–Kier alpha value is -1.53. The molecule has 2 aromatic heterocycles. The first-order valence-electron chi connectivity index (χ1n) is 4.12. The van der Waals surface area contributed by atoms with E-state index in [0.29, 0.717) is 5.69 Å². The second-order valence-electron chi connectivity index (χ2n) is 3.00. The first-order chi connectivity index (χ1) is 6.66. The summed E-state index contributed by atoms with van der Waals surface area (Å²) in [5.74, 6) is 0. The van der Waals surface area contributed by atoms with Gasteiger partial charge < -0.3 is 19.0 Å². The highest BCUT2D eigenvalue weighted by molar-refractivity contribution is 6.57. The molecule has 6 heteroatoms. The Morgan fingerprint density at radius 3 is 2.79 bits per heavy atom. The Labute approximate surface area is 80.8 Å². The van der Waals surface area contributed by atoms with Crippen molar-refractivity contribution in [2.75, 3.05) is 0 Å². The van der Waals surface area contributed by atoms with Crippen LogP contribution >= 0.6 is 0 Å². The molecule has 5 nitrogen and oxygen atoms in total. The lowest BCUT2D eigenvalue weighted by molar-refractivity contribution is 0.409. The summed E-state index contributed by atoms with van der Waals surface area (Å²) in [6, 6.07) is 1.55. The van der Waals surface area contributed by atoms with Crippen molar-refractivity contribution in [2.45, 2.75) is 6.92 Å². The van der Waals surface area contributed by atoms with Gasteiger partial charge in [0.2, 0.25) is 0 Å². The average molecular weight is 192 g/mol. The van der Waals surface area contributed by atoms with Crippen molar-refractivity contribution in [3.05, 3.63) is 30.5 Å². The molecule has 0 fully saturated rings. The van der Waals surface area contributed by atoms with Crippen molar-refractivity contribution in [3.8, 4) is 5.69 Å². The lowest BCUT2D eigenvalue weighted by Crippen LogP contribution is -2.28. The van der Waals surface area contributed by atoms with Gasteiger partial charge >= 0.3 is 7.12 Å². The van der Waals surface area contributed by atoms with E-state index in [4.69, 9.17) is 14.5 Å². The third kappa shape index (κ3) is 1.57. The number of imidazole rings is 1. The molecule has 0 saturated heterocycles. The first-order valence-corrected chi connectivity index (χ1v) is 4.12. The highest BCUT2D eigenvalue weighted by Gasteiger charge is 2.16. The predicted molar refractivity (Wildman–Crippen MR) is 50.4 cm³/mol. The zero-order valence-corrected chi connectivity index (χ0v) is 7.58. The van der Waals surface area contributed by atoms with E-state index in [2.05, 4.69) is 4.98 Å². The minimum atomic E-state index is -1.58. The summed E-state index contributed by atoms with van der Waals surface area (Å²) >= 11 is 0. The van der Waals surface area contributed by atoms with Crippen LogP contribution in [-0.2, 0) is 0 Å². The Morgan fingerprint density at radius 2 is 2.29 bits per heavy atom. The molecule has 0 atom stereocenters. The Morgan fingerprint density at radius 1 is 1.50 bits per heavy atom. The third-order valence-corrected chi connectivity index (χ3v) is 1.87. The molecule has 14 heavy (non-hydrogen) atoms. The maximum atomic E-state index is 8.83. The molecule has 0 saturated carbocycles. The summed E-state index contributed by atoms with van der Waals surface area (Å²) in [4.78, 5) is 4.04. The zero-order chi connectivity index (χ0) is 10.1. The number of hydrogen-bond donors (Lipinski definition) is 2. The predicted octanol–water partition coefficient (Wildman–Crippen LogP) is -0.546. The molecule has 0 radical (unpaired) electrons. The van der Waals surface area contributed by atoms with Gasteiger partial charge in [-0.1, -0.05) is 0 Å². The molecule has 0 unspecified atom stereocenters. The normalized spacial score (nSPS) is 10.5. The number of furan rings is 1. The molecule has 72 valence electrons. The van der Waals surface area contributed by atoms with Crippen LogP contribution in [0.3, 0.4) is 0 Å². The van der Waals surface area contributed by atoms with E-state index >= 15 is 0 Å². The molecule has 2 N–H and O–H groups in total. The third-order valence-electron chi connectivity index (χ3n) is 1.87. The maximum Gasteiger partial charge on any atom is 0.526 e. The second-order valence-corrected chi connectivity index (χ2v) is 3.00. The second kappa shape index (κ2) is 3.32. The molecule has 0 bridgehead atoms. The Balaban J connectivity index is 2.33. The SMILES string of the molecule is Cc1cn(-c2coc(B(O)O)c2)cn1. The van der Waals surface area contributed by atoms with Crippen LogP contribution in [0, 0.1) is 6.92 Å². The van der Waals surface area contributed by atoms with Gasteiger partial charge in [0.15, 0.2) is 0 Å². The topological polar surface area (TPSA) is 71.4 Å². The maximum absolute atomic E-state index is 8.83. The molecule has 0 spiro atoms. The van der Waals surface area contributed by atoms with Crippen LogP contribution in [0.2, 0.25) is 0 Å². The highest BCUT2D eigenvalue weighted by Crippen LogP contribution is 2.07. The van der Waals surface area contributed by atoms with Gasteiger partial charge in [-0.15, -0.1) is 0 Å².